The highest BCUT2D eigenvalue weighted by Crippen LogP contribution is 2.25. The standard InChI is InChI=1S/C16H19NO3/c1-12-14(8-9-20-12)11-17(2)15(10-16(18)19)13-6-4-3-5-7-13/h3-9,15H,10-11H2,1-2H3,(H,18,19). The number of benzene rings is 1. The molecule has 20 heavy (non-hydrogen) atoms. The van der Waals surface area contributed by atoms with Crippen molar-refractivity contribution in [2.75, 3.05) is 7.05 Å². The van der Waals surface area contributed by atoms with E-state index in [1.165, 1.54) is 0 Å². The third kappa shape index (κ3) is 3.48. The number of aryl methyl sites for hydroxylation is 1. The average molecular weight is 273 g/mol. The minimum atomic E-state index is -0.797. The summed E-state index contributed by atoms with van der Waals surface area (Å²) in [7, 11) is 1.94. The van der Waals surface area contributed by atoms with Crippen molar-refractivity contribution >= 4 is 5.97 Å². The number of nitrogens with zero attached hydrogens (tertiary/aromatic N) is 1. The smallest absolute Gasteiger partial charge is 0.305 e. The maximum absolute atomic E-state index is 11.1. The van der Waals surface area contributed by atoms with Crippen LogP contribution < -0.4 is 0 Å². The van der Waals surface area contributed by atoms with E-state index in [-0.39, 0.29) is 12.5 Å². The van der Waals surface area contributed by atoms with Gasteiger partial charge in [-0.2, -0.15) is 0 Å². The molecule has 1 aromatic heterocycles. The molecule has 0 bridgehead atoms. The van der Waals surface area contributed by atoms with E-state index in [0.717, 1.165) is 16.9 Å². The van der Waals surface area contributed by atoms with E-state index in [1.807, 2.05) is 55.3 Å². The highest BCUT2D eigenvalue weighted by Gasteiger charge is 2.21. The maximum Gasteiger partial charge on any atom is 0.305 e. The summed E-state index contributed by atoms with van der Waals surface area (Å²) in [5.41, 5.74) is 2.09. The third-order valence-corrected chi connectivity index (χ3v) is 3.47. The first-order chi connectivity index (χ1) is 9.58. The van der Waals surface area contributed by atoms with Crippen LogP contribution in [0.5, 0.6) is 0 Å². The van der Waals surface area contributed by atoms with Crippen LogP contribution in [0.1, 0.15) is 29.3 Å². The Hall–Kier alpha value is -2.07. The molecule has 4 heteroatoms. The largest absolute Gasteiger partial charge is 0.481 e. The lowest BCUT2D eigenvalue weighted by atomic mass is 10.0. The Morgan fingerprint density at radius 1 is 1.30 bits per heavy atom. The van der Waals surface area contributed by atoms with Crippen LogP contribution in [0.2, 0.25) is 0 Å². The minimum Gasteiger partial charge on any atom is -0.481 e. The zero-order valence-electron chi connectivity index (χ0n) is 11.7. The van der Waals surface area contributed by atoms with Crippen LogP contribution in [0, 0.1) is 6.92 Å². The summed E-state index contributed by atoms with van der Waals surface area (Å²) in [5, 5.41) is 9.13. The van der Waals surface area contributed by atoms with Gasteiger partial charge in [-0.15, -0.1) is 0 Å². The topological polar surface area (TPSA) is 53.7 Å². The number of furan rings is 1. The fourth-order valence-electron chi connectivity index (χ4n) is 2.32. The molecule has 1 aromatic carbocycles. The average Bonchev–Trinajstić information content (AvgIpc) is 2.82. The van der Waals surface area contributed by atoms with Crippen LogP contribution in [0.4, 0.5) is 0 Å². The Morgan fingerprint density at radius 2 is 2.00 bits per heavy atom. The van der Waals surface area contributed by atoms with Gasteiger partial charge >= 0.3 is 5.97 Å². The van der Waals surface area contributed by atoms with E-state index in [1.54, 1.807) is 6.26 Å². The van der Waals surface area contributed by atoms with E-state index < -0.39 is 5.97 Å². The van der Waals surface area contributed by atoms with Gasteiger partial charge in [-0.3, -0.25) is 9.69 Å². The molecule has 0 aliphatic carbocycles. The zero-order valence-corrected chi connectivity index (χ0v) is 11.7. The molecule has 2 aromatic rings. The first kappa shape index (κ1) is 14.3. The van der Waals surface area contributed by atoms with Crippen LogP contribution in [0.3, 0.4) is 0 Å². The van der Waals surface area contributed by atoms with Crippen molar-refractivity contribution in [3.63, 3.8) is 0 Å². The number of hydrogen-bond donors (Lipinski definition) is 1. The van der Waals surface area contributed by atoms with Crippen molar-refractivity contribution in [2.24, 2.45) is 0 Å². The van der Waals surface area contributed by atoms with Gasteiger partial charge in [0.1, 0.15) is 5.76 Å². The van der Waals surface area contributed by atoms with Crippen molar-refractivity contribution in [2.45, 2.75) is 25.9 Å². The number of rotatable bonds is 6. The molecular formula is C16H19NO3. The Labute approximate surface area is 118 Å². The van der Waals surface area contributed by atoms with Gasteiger partial charge in [-0.25, -0.2) is 0 Å². The Balaban J connectivity index is 2.18. The predicted molar refractivity (Wildman–Crippen MR) is 76.3 cm³/mol. The van der Waals surface area contributed by atoms with Gasteiger partial charge in [0.2, 0.25) is 0 Å². The number of aliphatic carboxylic acids is 1. The predicted octanol–water partition coefficient (Wildman–Crippen LogP) is 3.24. The van der Waals surface area contributed by atoms with E-state index in [0.29, 0.717) is 6.54 Å². The molecule has 1 N–H and O–H groups in total. The normalized spacial score (nSPS) is 12.6. The molecule has 1 heterocycles. The van der Waals surface area contributed by atoms with Crippen LogP contribution in [-0.2, 0) is 11.3 Å². The third-order valence-electron chi connectivity index (χ3n) is 3.47. The Morgan fingerprint density at radius 3 is 2.55 bits per heavy atom. The van der Waals surface area contributed by atoms with Gasteiger partial charge in [-0.1, -0.05) is 30.3 Å². The molecule has 0 saturated carbocycles. The van der Waals surface area contributed by atoms with Crippen LogP contribution in [-0.4, -0.2) is 23.0 Å². The SMILES string of the molecule is Cc1occc1CN(C)C(CC(=O)O)c1ccccc1. The fraction of sp³-hybridized carbons (Fsp3) is 0.312. The molecule has 0 aliphatic rings. The lowest BCUT2D eigenvalue weighted by Crippen LogP contribution is -2.26. The first-order valence-corrected chi connectivity index (χ1v) is 6.58. The molecule has 2 rings (SSSR count). The molecule has 106 valence electrons. The highest BCUT2D eigenvalue weighted by atomic mass is 16.4. The van der Waals surface area contributed by atoms with Crippen LogP contribution in [0.25, 0.3) is 0 Å². The molecule has 0 aliphatic heterocycles. The molecular weight excluding hydrogens is 254 g/mol. The number of carbonyl (C=O) groups is 1. The van der Waals surface area contributed by atoms with E-state index >= 15 is 0 Å². The van der Waals surface area contributed by atoms with Crippen molar-refractivity contribution in [1.29, 1.82) is 0 Å². The summed E-state index contributed by atoms with van der Waals surface area (Å²) in [6.07, 6.45) is 1.74. The number of carboxylic acids is 1. The van der Waals surface area contributed by atoms with Gasteiger partial charge < -0.3 is 9.52 Å². The second-order valence-corrected chi connectivity index (χ2v) is 4.94. The monoisotopic (exact) mass is 273 g/mol. The van der Waals surface area contributed by atoms with Gasteiger partial charge in [0.05, 0.1) is 12.7 Å². The summed E-state index contributed by atoms with van der Waals surface area (Å²) < 4.78 is 5.29. The van der Waals surface area contributed by atoms with Crippen LogP contribution >= 0.6 is 0 Å². The van der Waals surface area contributed by atoms with Crippen molar-refractivity contribution in [3.8, 4) is 0 Å². The second kappa shape index (κ2) is 6.39. The summed E-state index contributed by atoms with van der Waals surface area (Å²) >= 11 is 0. The van der Waals surface area contributed by atoms with Crippen molar-refractivity contribution in [3.05, 3.63) is 59.5 Å². The second-order valence-electron chi connectivity index (χ2n) is 4.94. The van der Waals surface area contributed by atoms with E-state index in [2.05, 4.69) is 0 Å². The van der Waals surface area contributed by atoms with Crippen molar-refractivity contribution in [1.82, 2.24) is 4.90 Å². The van der Waals surface area contributed by atoms with E-state index in [9.17, 15) is 4.79 Å². The van der Waals surface area contributed by atoms with Gasteiger partial charge in [0, 0.05) is 18.2 Å². The molecule has 0 radical (unpaired) electrons. The molecule has 4 nitrogen and oxygen atoms in total. The van der Waals surface area contributed by atoms with Gasteiger partial charge in [0.25, 0.3) is 0 Å². The van der Waals surface area contributed by atoms with Crippen LogP contribution in [0.15, 0.2) is 47.1 Å². The van der Waals surface area contributed by atoms with Crippen molar-refractivity contribution < 1.29 is 14.3 Å². The molecule has 0 spiro atoms. The maximum atomic E-state index is 11.1. The zero-order chi connectivity index (χ0) is 14.5. The van der Waals surface area contributed by atoms with E-state index in [4.69, 9.17) is 9.52 Å². The molecule has 0 fully saturated rings. The van der Waals surface area contributed by atoms with Gasteiger partial charge in [0.15, 0.2) is 0 Å². The Kier molecular flexibility index (Phi) is 4.58. The molecule has 0 amide bonds. The number of carboxylic acid groups (broad SMARTS) is 1. The highest BCUT2D eigenvalue weighted by molar-refractivity contribution is 5.67. The van der Waals surface area contributed by atoms with Gasteiger partial charge in [-0.05, 0) is 25.6 Å². The fourth-order valence-corrected chi connectivity index (χ4v) is 2.32. The summed E-state index contributed by atoms with van der Waals surface area (Å²) in [4.78, 5) is 13.2. The Bertz CT molecular complexity index is 562. The summed E-state index contributed by atoms with van der Waals surface area (Å²) in [6, 6.07) is 11.5. The lowest BCUT2D eigenvalue weighted by molar-refractivity contribution is -0.138. The number of hydrogen-bond acceptors (Lipinski definition) is 3. The molecule has 0 saturated heterocycles. The molecule has 1 atom stereocenters. The summed E-state index contributed by atoms with van der Waals surface area (Å²) in [5.74, 6) is 0.0774. The molecule has 1 unspecified atom stereocenters. The lowest BCUT2D eigenvalue weighted by Gasteiger charge is -2.27. The first-order valence-electron chi connectivity index (χ1n) is 6.58. The minimum absolute atomic E-state index is 0.0808. The summed E-state index contributed by atoms with van der Waals surface area (Å²) in [6.45, 7) is 2.58. The quantitative estimate of drug-likeness (QED) is 0.878.